The zero-order valence-corrected chi connectivity index (χ0v) is 10.5. The third kappa shape index (κ3) is 4.68. The molecule has 0 saturated carbocycles. The second-order valence-electron chi connectivity index (χ2n) is 3.81. The SMILES string of the molecule is CC/C=N/NC(=O)COc1ccc(C)cc1C. The van der Waals surface area contributed by atoms with Gasteiger partial charge in [-0.1, -0.05) is 24.6 Å². The Morgan fingerprint density at radius 2 is 2.24 bits per heavy atom. The molecule has 0 aromatic heterocycles. The quantitative estimate of drug-likeness (QED) is 0.627. The largest absolute Gasteiger partial charge is 0.483 e. The summed E-state index contributed by atoms with van der Waals surface area (Å²) in [5, 5.41) is 3.73. The minimum atomic E-state index is -0.255. The van der Waals surface area contributed by atoms with Crippen LogP contribution in [-0.2, 0) is 4.79 Å². The summed E-state index contributed by atoms with van der Waals surface area (Å²) < 4.78 is 5.40. The third-order valence-electron chi connectivity index (χ3n) is 2.15. The zero-order valence-electron chi connectivity index (χ0n) is 10.5. The predicted molar refractivity (Wildman–Crippen MR) is 68.3 cm³/mol. The fraction of sp³-hybridized carbons (Fsp3) is 0.385. The number of carbonyl (C=O) groups is 1. The minimum Gasteiger partial charge on any atom is -0.483 e. The van der Waals surface area contributed by atoms with Crippen molar-refractivity contribution in [3.05, 3.63) is 29.3 Å². The lowest BCUT2D eigenvalue weighted by atomic mass is 10.1. The number of nitrogens with zero attached hydrogens (tertiary/aromatic N) is 1. The van der Waals surface area contributed by atoms with Crippen LogP contribution < -0.4 is 10.2 Å². The summed E-state index contributed by atoms with van der Waals surface area (Å²) in [5.74, 6) is 0.472. The number of aryl methyl sites for hydroxylation is 2. The number of amides is 1. The topological polar surface area (TPSA) is 50.7 Å². The van der Waals surface area contributed by atoms with Crippen LogP contribution >= 0.6 is 0 Å². The van der Waals surface area contributed by atoms with Crippen molar-refractivity contribution in [2.45, 2.75) is 27.2 Å². The minimum absolute atomic E-state index is 0.0229. The van der Waals surface area contributed by atoms with E-state index in [1.54, 1.807) is 6.21 Å². The molecule has 0 spiro atoms. The molecule has 0 aliphatic heterocycles. The lowest BCUT2D eigenvalue weighted by Crippen LogP contribution is -2.24. The molecule has 0 unspecified atom stereocenters. The highest BCUT2D eigenvalue weighted by Crippen LogP contribution is 2.18. The Morgan fingerprint density at radius 3 is 2.88 bits per heavy atom. The van der Waals surface area contributed by atoms with E-state index in [0.717, 1.165) is 17.7 Å². The van der Waals surface area contributed by atoms with Crippen molar-refractivity contribution in [1.82, 2.24) is 5.43 Å². The highest BCUT2D eigenvalue weighted by molar-refractivity contribution is 5.78. The molecule has 1 amide bonds. The molecule has 0 bridgehead atoms. The van der Waals surface area contributed by atoms with E-state index in [-0.39, 0.29) is 12.5 Å². The highest BCUT2D eigenvalue weighted by atomic mass is 16.5. The van der Waals surface area contributed by atoms with Crippen LogP contribution in [0, 0.1) is 13.8 Å². The summed E-state index contributed by atoms with van der Waals surface area (Å²) >= 11 is 0. The average Bonchev–Trinajstić information content (AvgIpc) is 2.28. The van der Waals surface area contributed by atoms with Crippen LogP contribution in [0.1, 0.15) is 24.5 Å². The molecule has 92 valence electrons. The lowest BCUT2D eigenvalue weighted by molar-refractivity contribution is -0.123. The van der Waals surface area contributed by atoms with Crippen LogP contribution in [0.5, 0.6) is 5.75 Å². The molecule has 4 nitrogen and oxygen atoms in total. The van der Waals surface area contributed by atoms with Gasteiger partial charge in [0.2, 0.25) is 0 Å². The van der Waals surface area contributed by atoms with E-state index in [9.17, 15) is 4.79 Å². The van der Waals surface area contributed by atoms with E-state index in [4.69, 9.17) is 4.74 Å². The second-order valence-corrected chi connectivity index (χ2v) is 3.81. The monoisotopic (exact) mass is 234 g/mol. The number of nitrogens with one attached hydrogen (secondary N) is 1. The number of hydrazone groups is 1. The number of benzene rings is 1. The number of carbonyl (C=O) groups excluding carboxylic acids is 1. The second kappa shape index (κ2) is 6.68. The van der Waals surface area contributed by atoms with Gasteiger partial charge in [0, 0.05) is 6.21 Å². The number of hydrogen-bond acceptors (Lipinski definition) is 3. The van der Waals surface area contributed by atoms with Gasteiger partial charge in [-0.25, -0.2) is 5.43 Å². The van der Waals surface area contributed by atoms with Crippen LogP contribution in [0.4, 0.5) is 0 Å². The van der Waals surface area contributed by atoms with Gasteiger partial charge in [-0.15, -0.1) is 0 Å². The first-order valence-electron chi connectivity index (χ1n) is 5.64. The first-order valence-corrected chi connectivity index (χ1v) is 5.64. The summed E-state index contributed by atoms with van der Waals surface area (Å²) in [4.78, 5) is 11.3. The van der Waals surface area contributed by atoms with E-state index < -0.39 is 0 Å². The van der Waals surface area contributed by atoms with E-state index >= 15 is 0 Å². The van der Waals surface area contributed by atoms with Crippen molar-refractivity contribution >= 4 is 12.1 Å². The maximum atomic E-state index is 11.3. The predicted octanol–water partition coefficient (Wildman–Crippen LogP) is 2.19. The van der Waals surface area contributed by atoms with E-state index in [2.05, 4.69) is 10.5 Å². The van der Waals surface area contributed by atoms with Gasteiger partial charge in [-0.2, -0.15) is 5.10 Å². The number of rotatable bonds is 5. The molecule has 17 heavy (non-hydrogen) atoms. The average molecular weight is 234 g/mol. The van der Waals surface area contributed by atoms with E-state index in [0.29, 0.717) is 0 Å². The van der Waals surface area contributed by atoms with Crippen molar-refractivity contribution in [1.29, 1.82) is 0 Å². The van der Waals surface area contributed by atoms with Gasteiger partial charge in [0.25, 0.3) is 5.91 Å². The van der Waals surface area contributed by atoms with Crippen LogP contribution in [0.3, 0.4) is 0 Å². The smallest absolute Gasteiger partial charge is 0.277 e. The van der Waals surface area contributed by atoms with Gasteiger partial charge in [0.1, 0.15) is 5.75 Å². The van der Waals surface area contributed by atoms with Gasteiger partial charge in [0.15, 0.2) is 6.61 Å². The molecule has 1 rings (SSSR count). The first kappa shape index (κ1) is 13.2. The van der Waals surface area contributed by atoms with Gasteiger partial charge in [-0.3, -0.25) is 4.79 Å². The molecule has 1 aromatic rings. The molecular weight excluding hydrogens is 216 g/mol. The molecule has 0 atom stereocenters. The molecular formula is C13H18N2O2. The van der Waals surface area contributed by atoms with Gasteiger partial charge in [0.05, 0.1) is 0 Å². The van der Waals surface area contributed by atoms with Crippen molar-refractivity contribution in [3.8, 4) is 5.75 Å². The highest BCUT2D eigenvalue weighted by Gasteiger charge is 2.03. The molecule has 0 aliphatic rings. The number of ether oxygens (including phenoxy) is 1. The van der Waals surface area contributed by atoms with Crippen LogP contribution in [0.15, 0.2) is 23.3 Å². The Kier molecular flexibility index (Phi) is 5.20. The molecule has 0 saturated heterocycles. The Balaban J connectivity index is 2.44. The maximum absolute atomic E-state index is 11.3. The summed E-state index contributed by atoms with van der Waals surface area (Å²) in [6.45, 7) is 5.89. The Bertz CT molecular complexity index is 414. The Labute approximate surface area is 102 Å². The summed E-state index contributed by atoms with van der Waals surface area (Å²) in [6, 6.07) is 5.84. The van der Waals surface area contributed by atoms with Crippen LogP contribution in [0.2, 0.25) is 0 Å². The standard InChI is InChI=1S/C13H18N2O2/c1-4-7-14-15-13(16)9-17-12-6-5-10(2)8-11(12)3/h5-8H,4,9H2,1-3H3,(H,15,16)/b14-7+. The zero-order chi connectivity index (χ0) is 12.7. The maximum Gasteiger partial charge on any atom is 0.277 e. The first-order chi connectivity index (χ1) is 8.13. The normalized spacial score (nSPS) is 10.5. The van der Waals surface area contributed by atoms with E-state index in [1.807, 2.05) is 39.0 Å². The van der Waals surface area contributed by atoms with Crippen LogP contribution in [-0.4, -0.2) is 18.7 Å². The number of hydrogen-bond donors (Lipinski definition) is 1. The molecule has 0 radical (unpaired) electrons. The van der Waals surface area contributed by atoms with Crippen molar-refractivity contribution in [2.24, 2.45) is 5.10 Å². The molecule has 0 heterocycles. The fourth-order valence-electron chi connectivity index (χ4n) is 1.35. The lowest BCUT2D eigenvalue weighted by Gasteiger charge is -2.08. The summed E-state index contributed by atoms with van der Waals surface area (Å²) in [7, 11) is 0. The van der Waals surface area contributed by atoms with Gasteiger partial charge >= 0.3 is 0 Å². The molecule has 0 fully saturated rings. The van der Waals surface area contributed by atoms with Crippen LogP contribution in [0.25, 0.3) is 0 Å². The summed E-state index contributed by atoms with van der Waals surface area (Å²) in [5.41, 5.74) is 4.59. The molecule has 1 aromatic carbocycles. The molecule has 1 N–H and O–H groups in total. The summed E-state index contributed by atoms with van der Waals surface area (Å²) in [6.07, 6.45) is 2.42. The van der Waals surface area contributed by atoms with Crippen molar-refractivity contribution < 1.29 is 9.53 Å². The fourth-order valence-corrected chi connectivity index (χ4v) is 1.35. The van der Waals surface area contributed by atoms with Crippen molar-refractivity contribution in [3.63, 3.8) is 0 Å². The van der Waals surface area contributed by atoms with Crippen molar-refractivity contribution in [2.75, 3.05) is 6.61 Å². The Morgan fingerprint density at radius 1 is 1.47 bits per heavy atom. The van der Waals surface area contributed by atoms with Gasteiger partial charge in [-0.05, 0) is 31.9 Å². The third-order valence-corrected chi connectivity index (χ3v) is 2.15. The van der Waals surface area contributed by atoms with E-state index in [1.165, 1.54) is 5.56 Å². The molecule has 0 aliphatic carbocycles. The Hall–Kier alpha value is -1.84. The molecule has 4 heteroatoms. The van der Waals surface area contributed by atoms with Gasteiger partial charge < -0.3 is 4.74 Å².